The summed E-state index contributed by atoms with van der Waals surface area (Å²) in [5, 5.41) is 9.11. The zero-order chi connectivity index (χ0) is 12.7. The molecule has 0 saturated heterocycles. The van der Waals surface area contributed by atoms with Crippen molar-refractivity contribution in [1.29, 1.82) is 0 Å². The average Bonchev–Trinajstić information content (AvgIpc) is 2.93. The average molecular weight is 323 g/mol. The maximum atomic E-state index is 11.1. The van der Waals surface area contributed by atoms with Crippen LogP contribution in [-0.2, 0) is 0 Å². The van der Waals surface area contributed by atoms with E-state index in [1.165, 1.54) is 0 Å². The fourth-order valence-corrected chi connectivity index (χ4v) is 3.10. The predicted octanol–water partition coefficient (Wildman–Crippen LogP) is 3.52. The molecule has 0 unspecified atom stereocenters. The molecule has 0 saturated carbocycles. The molecule has 0 atom stereocenters. The molecule has 6 heteroatoms. The first-order valence-electron chi connectivity index (χ1n) is 5.12. The summed E-state index contributed by atoms with van der Waals surface area (Å²) in [6.07, 6.45) is 1.75. The Morgan fingerprint density at radius 1 is 1.33 bits per heavy atom. The SMILES string of the molecule is O=C(O)c1cccc2nc(-c3ccc(Br)s3)cn12. The molecule has 0 amide bonds. The van der Waals surface area contributed by atoms with E-state index in [9.17, 15) is 4.79 Å². The summed E-state index contributed by atoms with van der Waals surface area (Å²) < 4.78 is 2.61. The molecule has 90 valence electrons. The Morgan fingerprint density at radius 3 is 2.83 bits per heavy atom. The van der Waals surface area contributed by atoms with Crippen LogP contribution in [0.1, 0.15) is 10.5 Å². The van der Waals surface area contributed by atoms with E-state index in [-0.39, 0.29) is 5.69 Å². The first-order chi connectivity index (χ1) is 8.65. The van der Waals surface area contributed by atoms with E-state index in [0.29, 0.717) is 5.65 Å². The largest absolute Gasteiger partial charge is 0.477 e. The van der Waals surface area contributed by atoms with Crippen LogP contribution in [-0.4, -0.2) is 20.5 Å². The van der Waals surface area contributed by atoms with Crippen molar-refractivity contribution in [3.05, 3.63) is 46.0 Å². The van der Waals surface area contributed by atoms with Gasteiger partial charge in [-0.2, -0.15) is 0 Å². The highest BCUT2D eigenvalue weighted by atomic mass is 79.9. The number of carboxylic acids is 1. The number of nitrogens with zero attached hydrogens (tertiary/aromatic N) is 2. The Balaban J connectivity index is 2.22. The molecule has 0 bridgehead atoms. The van der Waals surface area contributed by atoms with Crippen LogP contribution >= 0.6 is 27.3 Å². The lowest BCUT2D eigenvalue weighted by Gasteiger charge is -1.97. The summed E-state index contributed by atoms with van der Waals surface area (Å²) in [4.78, 5) is 16.5. The minimum atomic E-state index is -0.961. The fraction of sp³-hybridized carbons (Fsp3) is 0. The topological polar surface area (TPSA) is 54.6 Å². The van der Waals surface area contributed by atoms with Gasteiger partial charge in [-0.3, -0.25) is 4.40 Å². The quantitative estimate of drug-likeness (QED) is 0.785. The number of fused-ring (bicyclic) bond motifs is 1. The van der Waals surface area contributed by atoms with Crippen LogP contribution in [0.4, 0.5) is 0 Å². The monoisotopic (exact) mass is 322 g/mol. The Bertz CT molecular complexity index is 747. The highest BCUT2D eigenvalue weighted by Crippen LogP contribution is 2.30. The molecule has 0 aliphatic heterocycles. The van der Waals surface area contributed by atoms with Crippen LogP contribution in [0, 0.1) is 0 Å². The van der Waals surface area contributed by atoms with E-state index in [1.54, 1.807) is 40.1 Å². The molecule has 3 aromatic rings. The van der Waals surface area contributed by atoms with E-state index in [4.69, 9.17) is 5.11 Å². The molecule has 3 rings (SSSR count). The van der Waals surface area contributed by atoms with Gasteiger partial charge in [-0.05, 0) is 40.2 Å². The van der Waals surface area contributed by atoms with E-state index < -0.39 is 5.97 Å². The third-order valence-corrected chi connectivity index (χ3v) is 4.18. The van der Waals surface area contributed by atoms with Gasteiger partial charge in [-0.1, -0.05) is 6.07 Å². The summed E-state index contributed by atoms with van der Waals surface area (Å²) in [7, 11) is 0. The number of carboxylic acid groups (broad SMARTS) is 1. The lowest BCUT2D eigenvalue weighted by Crippen LogP contribution is -2.03. The van der Waals surface area contributed by atoms with Crippen molar-refractivity contribution in [3.8, 4) is 10.6 Å². The fourth-order valence-electron chi connectivity index (χ4n) is 1.76. The molecule has 4 nitrogen and oxygen atoms in total. The Morgan fingerprint density at radius 2 is 2.17 bits per heavy atom. The number of aromatic nitrogens is 2. The van der Waals surface area contributed by atoms with Gasteiger partial charge in [0.05, 0.1) is 14.4 Å². The second-order valence-electron chi connectivity index (χ2n) is 3.67. The molecule has 0 radical (unpaired) electrons. The number of imidazole rings is 1. The van der Waals surface area contributed by atoms with E-state index in [2.05, 4.69) is 20.9 Å². The number of carbonyl (C=O) groups is 1. The molecule has 0 aliphatic carbocycles. The minimum Gasteiger partial charge on any atom is -0.477 e. The summed E-state index contributed by atoms with van der Waals surface area (Å²) >= 11 is 4.96. The Hall–Kier alpha value is -1.66. The smallest absolute Gasteiger partial charge is 0.352 e. The number of thiophene rings is 1. The number of pyridine rings is 1. The van der Waals surface area contributed by atoms with Crippen molar-refractivity contribution in [2.75, 3.05) is 0 Å². The summed E-state index contributed by atoms with van der Waals surface area (Å²) in [5.74, 6) is -0.961. The van der Waals surface area contributed by atoms with Crippen molar-refractivity contribution in [1.82, 2.24) is 9.38 Å². The highest BCUT2D eigenvalue weighted by Gasteiger charge is 2.12. The van der Waals surface area contributed by atoms with Crippen molar-refractivity contribution < 1.29 is 9.90 Å². The van der Waals surface area contributed by atoms with Crippen molar-refractivity contribution >= 4 is 38.9 Å². The van der Waals surface area contributed by atoms with Gasteiger partial charge < -0.3 is 5.11 Å². The van der Waals surface area contributed by atoms with Crippen LogP contribution in [0.15, 0.2) is 40.3 Å². The third-order valence-electron chi connectivity index (χ3n) is 2.54. The van der Waals surface area contributed by atoms with Gasteiger partial charge in [-0.15, -0.1) is 11.3 Å². The van der Waals surface area contributed by atoms with Gasteiger partial charge >= 0.3 is 5.97 Å². The maximum absolute atomic E-state index is 11.1. The van der Waals surface area contributed by atoms with Gasteiger partial charge in [-0.25, -0.2) is 9.78 Å². The zero-order valence-corrected chi connectivity index (χ0v) is 11.4. The summed E-state index contributed by atoms with van der Waals surface area (Å²) in [6.45, 7) is 0. The standard InChI is InChI=1S/C12H7BrN2O2S/c13-10-5-4-9(18-10)7-6-15-8(12(16)17)2-1-3-11(15)14-7/h1-6H,(H,16,17). The normalized spacial score (nSPS) is 10.9. The molecule has 1 N–H and O–H groups in total. The van der Waals surface area contributed by atoms with Crippen molar-refractivity contribution in [2.24, 2.45) is 0 Å². The molecule has 18 heavy (non-hydrogen) atoms. The maximum Gasteiger partial charge on any atom is 0.352 e. The van der Waals surface area contributed by atoms with Crippen molar-refractivity contribution in [2.45, 2.75) is 0 Å². The predicted molar refractivity (Wildman–Crippen MR) is 73.2 cm³/mol. The lowest BCUT2D eigenvalue weighted by molar-refractivity contribution is 0.0689. The number of hydrogen-bond donors (Lipinski definition) is 1. The molecule has 0 aromatic carbocycles. The van der Waals surface area contributed by atoms with Gasteiger partial charge in [0, 0.05) is 6.20 Å². The van der Waals surface area contributed by atoms with E-state index >= 15 is 0 Å². The molecular weight excluding hydrogens is 316 g/mol. The number of rotatable bonds is 2. The number of halogens is 1. The van der Waals surface area contributed by atoms with E-state index in [1.807, 2.05) is 12.1 Å². The number of hydrogen-bond acceptors (Lipinski definition) is 3. The zero-order valence-electron chi connectivity index (χ0n) is 9.00. The van der Waals surface area contributed by atoms with Crippen LogP contribution in [0.3, 0.4) is 0 Å². The first kappa shape index (κ1) is 11.4. The second-order valence-corrected chi connectivity index (χ2v) is 6.14. The third kappa shape index (κ3) is 1.83. The highest BCUT2D eigenvalue weighted by molar-refractivity contribution is 9.11. The van der Waals surface area contributed by atoms with Gasteiger partial charge in [0.25, 0.3) is 0 Å². The Kier molecular flexibility index (Phi) is 2.68. The van der Waals surface area contributed by atoms with Crippen LogP contribution in [0.25, 0.3) is 16.2 Å². The van der Waals surface area contributed by atoms with Crippen LogP contribution < -0.4 is 0 Å². The molecule has 3 aromatic heterocycles. The lowest BCUT2D eigenvalue weighted by atomic mass is 10.3. The molecule has 0 fully saturated rings. The van der Waals surface area contributed by atoms with Crippen LogP contribution in [0.2, 0.25) is 0 Å². The van der Waals surface area contributed by atoms with Gasteiger partial charge in [0.1, 0.15) is 11.3 Å². The Labute approximate surface area is 115 Å². The molecule has 3 heterocycles. The molecule has 0 spiro atoms. The van der Waals surface area contributed by atoms with Crippen LogP contribution in [0.5, 0.6) is 0 Å². The first-order valence-corrected chi connectivity index (χ1v) is 6.73. The number of aromatic carboxylic acids is 1. The van der Waals surface area contributed by atoms with E-state index in [0.717, 1.165) is 14.4 Å². The minimum absolute atomic E-state index is 0.210. The van der Waals surface area contributed by atoms with Crippen molar-refractivity contribution in [3.63, 3.8) is 0 Å². The van der Waals surface area contributed by atoms with Gasteiger partial charge in [0.2, 0.25) is 0 Å². The van der Waals surface area contributed by atoms with Gasteiger partial charge in [0.15, 0.2) is 0 Å². The second kappa shape index (κ2) is 4.22. The molecule has 0 aliphatic rings. The summed E-state index contributed by atoms with van der Waals surface area (Å²) in [6, 6.07) is 8.95. The summed E-state index contributed by atoms with van der Waals surface area (Å²) in [5.41, 5.74) is 1.62. The molecular formula is C12H7BrN2O2S.